The Morgan fingerprint density at radius 3 is 2.62 bits per heavy atom. The average Bonchev–Trinajstić information content (AvgIpc) is 2.95. The molecule has 2 aromatic rings. The number of hydrogen-bond acceptors (Lipinski definition) is 7. The predicted octanol–water partition coefficient (Wildman–Crippen LogP) is 2.45. The summed E-state index contributed by atoms with van der Waals surface area (Å²) in [7, 11) is 0. The van der Waals surface area contributed by atoms with Gasteiger partial charge in [-0.25, -0.2) is 0 Å². The van der Waals surface area contributed by atoms with Gasteiger partial charge in [0.1, 0.15) is 5.71 Å². The lowest BCUT2D eigenvalue weighted by molar-refractivity contribution is -0.385. The highest BCUT2D eigenvalue weighted by Gasteiger charge is 2.24. The maximum Gasteiger partial charge on any atom is 0.272 e. The molecule has 120 valence electrons. The van der Waals surface area contributed by atoms with E-state index < -0.39 is 4.92 Å². The zero-order chi connectivity index (χ0) is 17.1. The smallest absolute Gasteiger partial charge is 0.272 e. The second-order valence-corrected chi connectivity index (χ2v) is 5.13. The summed E-state index contributed by atoms with van der Waals surface area (Å²) in [5.41, 5.74) is 11.3. The summed E-state index contributed by atoms with van der Waals surface area (Å²) in [6, 6.07) is 14.2. The minimum atomic E-state index is -0.433. The fourth-order valence-corrected chi connectivity index (χ4v) is 2.21. The van der Waals surface area contributed by atoms with Crippen LogP contribution in [0.2, 0.25) is 0 Å². The number of hydrogen-bond donors (Lipinski definition) is 2. The molecule has 0 atom stereocenters. The molecule has 0 unspecified atom stereocenters. The molecule has 1 aliphatic rings. The van der Waals surface area contributed by atoms with Gasteiger partial charge in [-0.1, -0.05) is 30.3 Å². The van der Waals surface area contributed by atoms with Gasteiger partial charge in [-0.3, -0.25) is 15.5 Å². The van der Waals surface area contributed by atoms with Crippen LogP contribution >= 0.6 is 0 Å². The molecule has 24 heavy (non-hydrogen) atoms. The molecule has 1 aliphatic heterocycles. The Hall–Kier alpha value is -3.55. The van der Waals surface area contributed by atoms with Crippen molar-refractivity contribution in [3.63, 3.8) is 0 Å². The molecule has 8 heteroatoms. The first kappa shape index (κ1) is 15.3. The van der Waals surface area contributed by atoms with E-state index in [9.17, 15) is 10.1 Å². The van der Waals surface area contributed by atoms with Crippen LogP contribution in [0.4, 0.5) is 11.4 Å². The molecular weight excluding hydrogens is 308 g/mol. The summed E-state index contributed by atoms with van der Waals surface area (Å²) in [4.78, 5) is 10.7. The van der Waals surface area contributed by atoms with Crippen molar-refractivity contribution in [2.45, 2.75) is 6.92 Å². The number of nitro groups is 1. The number of nitrogens with one attached hydrogen (secondary N) is 1. The van der Waals surface area contributed by atoms with E-state index in [0.29, 0.717) is 22.6 Å². The Morgan fingerprint density at radius 1 is 1.17 bits per heavy atom. The van der Waals surface area contributed by atoms with Gasteiger partial charge in [-0.05, 0) is 19.1 Å². The number of amidine groups is 1. The lowest BCUT2D eigenvalue weighted by Crippen LogP contribution is -2.28. The van der Waals surface area contributed by atoms with Crippen molar-refractivity contribution in [1.29, 1.82) is 0 Å². The number of rotatable bonds is 4. The third-order valence-corrected chi connectivity index (χ3v) is 3.47. The Kier molecular flexibility index (Phi) is 4.02. The molecule has 0 spiro atoms. The largest absolute Gasteiger partial charge is 0.380 e. The van der Waals surface area contributed by atoms with Crippen LogP contribution in [-0.4, -0.2) is 22.2 Å². The molecule has 0 fully saturated rings. The monoisotopic (exact) mass is 322 g/mol. The van der Waals surface area contributed by atoms with Crippen LogP contribution in [0.15, 0.2) is 63.8 Å². The van der Waals surface area contributed by atoms with Crippen molar-refractivity contribution in [2.24, 2.45) is 21.0 Å². The van der Waals surface area contributed by atoms with Gasteiger partial charge in [0, 0.05) is 17.2 Å². The second kappa shape index (κ2) is 6.29. The number of aryl methyl sites for hydroxylation is 1. The minimum Gasteiger partial charge on any atom is -0.380 e. The number of para-hydroxylation sites is 1. The molecule has 3 N–H and O–H groups in total. The van der Waals surface area contributed by atoms with E-state index in [2.05, 4.69) is 20.7 Å². The quantitative estimate of drug-likeness (QED) is 0.663. The van der Waals surface area contributed by atoms with Gasteiger partial charge in [-0.2, -0.15) is 5.10 Å². The van der Waals surface area contributed by atoms with E-state index >= 15 is 0 Å². The second-order valence-electron chi connectivity index (χ2n) is 5.13. The lowest BCUT2D eigenvalue weighted by Gasteiger charge is -2.06. The SMILES string of the molecule is Cc1ccc(C2=NN=C(N)/C2=N/Nc2ccccc2)cc1[N+](=O)[O-]. The van der Waals surface area contributed by atoms with Crippen molar-refractivity contribution in [3.05, 3.63) is 69.8 Å². The Balaban J connectivity index is 1.93. The lowest BCUT2D eigenvalue weighted by atomic mass is 10.0. The van der Waals surface area contributed by atoms with E-state index in [1.165, 1.54) is 6.07 Å². The first-order valence-electron chi connectivity index (χ1n) is 7.12. The van der Waals surface area contributed by atoms with Crippen LogP contribution in [0, 0.1) is 17.0 Å². The van der Waals surface area contributed by atoms with Crippen molar-refractivity contribution >= 4 is 28.6 Å². The molecule has 2 aromatic carbocycles. The Bertz CT molecular complexity index is 887. The third kappa shape index (κ3) is 2.98. The standard InChI is InChI=1S/C16H14N6O2/c1-10-7-8-11(9-13(10)22(23)24)14-15(16(17)21-19-14)20-18-12-5-3-2-4-6-12/h2-9,18H,1H3,(H2,17,20,21). The molecule has 0 amide bonds. The maximum atomic E-state index is 11.1. The summed E-state index contributed by atoms with van der Waals surface area (Å²) >= 11 is 0. The van der Waals surface area contributed by atoms with Gasteiger partial charge in [0.15, 0.2) is 11.5 Å². The topological polar surface area (TPSA) is 118 Å². The first-order chi connectivity index (χ1) is 11.6. The van der Waals surface area contributed by atoms with Crippen molar-refractivity contribution < 1.29 is 4.92 Å². The van der Waals surface area contributed by atoms with Gasteiger partial charge < -0.3 is 5.73 Å². The molecule has 3 rings (SSSR count). The molecule has 0 aliphatic carbocycles. The molecular formula is C16H14N6O2. The molecule has 0 saturated heterocycles. The summed E-state index contributed by atoms with van der Waals surface area (Å²) in [6.45, 7) is 1.68. The van der Waals surface area contributed by atoms with Gasteiger partial charge in [-0.15, -0.1) is 10.2 Å². The molecule has 0 bridgehead atoms. The summed E-state index contributed by atoms with van der Waals surface area (Å²) in [5, 5.41) is 23.2. The zero-order valence-electron chi connectivity index (χ0n) is 12.8. The number of hydrazone groups is 1. The third-order valence-electron chi connectivity index (χ3n) is 3.47. The summed E-state index contributed by atoms with van der Waals surface area (Å²) in [6.07, 6.45) is 0. The van der Waals surface area contributed by atoms with Crippen LogP contribution in [0.1, 0.15) is 11.1 Å². The first-order valence-corrected chi connectivity index (χ1v) is 7.12. The zero-order valence-corrected chi connectivity index (χ0v) is 12.8. The van der Waals surface area contributed by atoms with Crippen LogP contribution in [0.5, 0.6) is 0 Å². The van der Waals surface area contributed by atoms with Gasteiger partial charge in [0.2, 0.25) is 0 Å². The molecule has 8 nitrogen and oxygen atoms in total. The minimum absolute atomic E-state index is 0.0102. The summed E-state index contributed by atoms with van der Waals surface area (Å²) < 4.78 is 0. The molecule has 0 radical (unpaired) electrons. The van der Waals surface area contributed by atoms with Gasteiger partial charge in [0.05, 0.1) is 10.6 Å². The van der Waals surface area contributed by atoms with Crippen LogP contribution in [0.25, 0.3) is 0 Å². The fourth-order valence-electron chi connectivity index (χ4n) is 2.21. The molecule has 0 aromatic heterocycles. The highest BCUT2D eigenvalue weighted by atomic mass is 16.6. The highest BCUT2D eigenvalue weighted by molar-refractivity contribution is 6.72. The van der Waals surface area contributed by atoms with Crippen molar-refractivity contribution in [1.82, 2.24) is 0 Å². The molecule has 1 heterocycles. The summed E-state index contributed by atoms with van der Waals surface area (Å²) in [5.74, 6) is 0.150. The number of nitrogens with zero attached hydrogens (tertiary/aromatic N) is 4. The van der Waals surface area contributed by atoms with Crippen LogP contribution in [0.3, 0.4) is 0 Å². The van der Waals surface area contributed by atoms with Gasteiger partial charge >= 0.3 is 0 Å². The fraction of sp³-hybridized carbons (Fsp3) is 0.0625. The van der Waals surface area contributed by atoms with Crippen LogP contribution in [-0.2, 0) is 0 Å². The number of nitro benzene ring substituents is 1. The van der Waals surface area contributed by atoms with Crippen molar-refractivity contribution in [3.8, 4) is 0 Å². The maximum absolute atomic E-state index is 11.1. The van der Waals surface area contributed by atoms with E-state index in [4.69, 9.17) is 5.73 Å². The van der Waals surface area contributed by atoms with Crippen molar-refractivity contribution in [2.75, 3.05) is 5.43 Å². The normalized spacial score (nSPS) is 15.1. The number of nitrogens with two attached hydrogens (primary N) is 1. The molecule has 0 saturated carbocycles. The van der Waals surface area contributed by atoms with Gasteiger partial charge in [0.25, 0.3) is 5.69 Å². The van der Waals surface area contributed by atoms with E-state index in [1.807, 2.05) is 30.3 Å². The van der Waals surface area contributed by atoms with E-state index in [1.54, 1.807) is 19.1 Å². The highest BCUT2D eigenvalue weighted by Crippen LogP contribution is 2.21. The van der Waals surface area contributed by atoms with E-state index in [0.717, 1.165) is 5.69 Å². The van der Waals surface area contributed by atoms with Crippen LogP contribution < -0.4 is 11.2 Å². The average molecular weight is 322 g/mol. The Morgan fingerprint density at radius 2 is 1.92 bits per heavy atom. The van der Waals surface area contributed by atoms with E-state index in [-0.39, 0.29) is 11.5 Å². The number of anilines is 1. The number of benzene rings is 2. The predicted molar refractivity (Wildman–Crippen MR) is 93.5 cm³/mol. The Labute approximate surface area is 137 Å².